The van der Waals surface area contributed by atoms with Crippen molar-refractivity contribution in [1.29, 1.82) is 0 Å². The fraction of sp³-hybridized carbons (Fsp3) is 0.355. The summed E-state index contributed by atoms with van der Waals surface area (Å²) in [6.07, 6.45) is 2.71. The van der Waals surface area contributed by atoms with E-state index in [1.165, 1.54) is 15.8 Å². The van der Waals surface area contributed by atoms with Crippen LogP contribution in [0.25, 0.3) is 10.1 Å². The zero-order valence-electron chi connectivity index (χ0n) is 22.9. The summed E-state index contributed by atoms with van der Waals surface area (Å²) in [5.41, 5.74) is 2.97. The van der Waals surface area contributed by atoms with Crippen molar-refractivity contribution in [3.05, 3.63) is 82.8 Å². The summed E-state index contributed by atoms with van der Waals surface area (Å²) >= 11 is 1.77. The fourth-order valence-electron chi connectivity index (χ4n) is 5.02. The summed E-state index contributed by atoms with van der Waals surface area (Å²) in [5.74, 6) is 0.365. The fourth-order valence-corrected chi connectivity index (χ4v) is 5.79. The third-order valence-corrected chi connectivity index (χ3v) is 8.01. The molecule has 1 aliphatic rings. The van der Waals surface area contributed by atoms with Crippen LogP contribution in [-0.2, 0) is 22.6 Å². The van der Waals surface area contributed by atoms with Crippen molar-refractivity contribution in [3.8, 4) is 5.75 Å². The Labute approximate surface area is 238 Å². The minimum atomic E-state index is -0.501. The van der Waals surface area contributed by atoms with Crippen molar-refractivity contribution >= 4 is 39.0 Å². The van der Waals surface area contributed by atoms with E-state index in [1.807, 2.05) is 37.3 Å². The molecule has 0 unspecified atom stereocenters. The highest BCUT2D eigenvalue weighted by Crippen LogP contribution is 2.30. The highest BCUT2D eigenvalue weighted by atomic mass is 32.1. The van der Waals surface area contributed by atoms with E-state index in [9.17, 15) is 9.59 Å². The van der Waals surface area contributed by atoms with E-state index in [-0.39, 0.29) is 25.5 Å². The standard InChI is InChI=1S/C31H34N4O4S/c1-3-38-28(36)19-32-31(37)29-30(39-20-23-7-5-4-6-8-23)21(2)33-27(34-29)17-22-11-14-35(15-12-22)25-9-10-26-24(18-25)13-16-40-26/h4-10,13,16,18,22H,3,11-12,14-15,17,19-20H2,1-2H3,(H,32,37). The van der Waals surface area contributed by atoms with Crippen LogP contribution in [0.4, 0.5) is 5.69 Å². The van der Waals surface area contributed by atoms with Gasteiger partial charge in [0.05, 0.1) is 12.3 Å². The number of hydrogen-bond acceptors (Lipinski definition) is 8. The van der Waals surface area contributed by atoms with Crippen molar-refractivity contribution in [2.45, 2.75) is 39.7 Å². The molecular weight excluding hydrogens is 524 g/mol. The molecule has 1 fully saturated rings. The number of nitrogens with one attached hydrogen (secondary N) is 1. The molecule has 0 atom stereocenters. The summed E-state index contributed by atoms with van der Waals surface area (Å²) in [4.78, 5) is 36.8. The van der Waals surface area contributed by atoms with E-state index in [0.717, 1.165) is 31.5 Å². The number of piperidine rings is 1. The van der Waals surface area contributed by atoms with E-state index < -0.39 is 11.9 Å². The predicted octanol–water partition coefficient (Wildman–Crippen LogP) is 5.33. The van der Waals surface area contributed by atoms with Crippen LogP contribution in [0.2, 0.25) is 0 Å². The van der Waals surface area contributed by atoms with E-state index >= 15 is 0 Å². The van der Waals surface area contributed by atoms with Gasteiger partial charge in [-0.1, -0.05) is 30.3 Å². The molecule has 9 heteroatoms. The lowest BCUT2D eigenvalue weighted by Gasteiger charge is -2.33. The lowest BCUT2D eigenvalue weighted by atomic mass is 9.92. The van der Waals surface area contributed by atoms with E-state index in [1.54, 1.807) is 18.3 Å². The average molecular weight is 559 g/mol. The Kier molecular flexibility index (Phi) is 8.91. The molecule has 2 aromatic carbocycles. The maximum absolute atomic E-state index is 13.2. The number of carbonyl (C=O) groups is 2. The number of anilines is 1. The first-order valence-electron chi connectivity index (χ1n) is 13.7. The molecule has 0 bridgehead atoms. The van der Waals surface area contributed by atoms with Gasteiger partial charge in [0, 0.05) is 29.9 Å². The van der Waals surface area contributed by atoms with Gasteiger partial charge in [-0.25, -0.2) is 9.97 Å². The number of aromatic nitrogens is 2. The average Bonchev–Trinajstić information content (AvgIpc) is 3.44. The van der Waals surface area contributed by atoms with Gasteiger partial charge < -0.3 is 19.7 Å². The monoisotopic (exact) mass is 558 g/mol. The number of nitrogens with zero attached hydrogens (tertiary/aromatic N) is 3. The number of aryl methyl sites for hydroxylation is 1. The lowest BCUT2D eigenvalue weighted by molar-refractivity contribution is -0.141. The Morgan fingerprint density at radius 3 is 2.65 bits per heavy atom. The molecule has 4 aromatic rings. The topological polar surface area (TPSA) is 93.6 Å². The maximum Gasteiger partial charge on any atom is 0.325 e. The second-order valence-electron chi connectivity index (χ2n) is 9.94. The normalized spacial score (nSPS) is 13.8. The molecule has 2 aromatic heterocycles. The van der Waals surface area contributed by atoms with Crippen molar-refractivity contribution in [2.24, 2.45) is 5.92 Å². The first-order chi connectivity index (χ1) is 19.5. The molecule has 0 saturated carbocycles. The van der Waals surface area contributed by atoms with E-state index in [2.05, 4.69) is 44.8 Å². The summed E-state index contributed by atoms with van der Waals surface area (Å²) in [5, 5.41) is 6.04. The highest BCUT2D eigenvalue weighted by Gasteiger charge is 2.25. The van der Waals surface area contributed by atoms with Crippen LogP contribution in [-0.4, -0.2) is 48.1 Å². The molecule has 1 N–H and O–H groups in total. The Bertz CT molecular complexity index is 1460. The molecule has 3 heterocycles. The number of amides is 1. The van der Waals surface area contributed by atoms with E-state index in [4.69, 9.17) is 14.5 Å². The van der Waals surface area contributed by atoms with Gasteiger partial charge in [0.2, 0.25) is 0 Å². The minimum Gasteiger partial charge on any atom is -0.485 e. The van der Waals surface area contributed by atoms with Gasteiger partial charge in [-0.05, 0) is 73.2 Å². The van der Waals surface area contributed by atoms with Crippen LogP contribution in [0, 0.1) is 12.8 Å². The van der Waals surface area contributed by atoms with Gasteiger partial charge in [-0.15, -0.1) is 11.3 Å². The summed E-state index contributed by atoms with van der Waals surface area (Å²) < 4.78 is 12.3. The number of esters is 1. The van der Waals surface area contributed by atoms with Gasteiger partial charge >= 0.3 is 5.97 Å². The van der Waals surface area contributed by atoms with Gasteiger partial charge in [0.15, 0.2) is 11.4 Å². The molecule has 5 rings (SSSR count). The van der Waals surface area contributed by atoms with Gasteiger partial charge in [-0.2, -0.15) is 0 Å². The number of carbonyl (C=O) groups excluding carboxylic acids is 2. The van der Waals surface area contributed by atoms with Crippen LogP contribution in [0.1, 0.15) is 47.3 Å². The van der Waals surface area contributed by atoms with Gasteiger partial charge in [-0.3, -0.25) is 9.59 Å². The van der Waals surface area contributed by atoms with Crippen molar-refractivity contribution < 1.29 is 19.1 Å². The number of benzene rings is 2. The van der Waals surface area contributed by atoms with Gasteiger partial charge in [0.25, 0.3) is 5.91 Å². The Balaban J connectivity index is 1.28. The van der Waals surface area contributed by atoms with Gasteiger partial charge in [0.1, 0.15) is 19.0 Å². The smallest absolute Gasteiger partial charge is 0.325 e. The number of thiophene rings is 1. The molecule has 1 amide bonds. The van der Waals surface area contributed by atoms with E-state index in [0.29, 0.717) is 29.6 Å². The SMILES string of the molecule is CCOC(=O)CNC(=O)c1nc(CC2CCN(c3ccc4sccc4c3)CC2)nc(C)c1OCc1ccccc1. The van der Waals surface area contributed by atoms with Crippen LogP contribution in [0.5, 0.6) is 5.75 Å². The highest BCUT2D eigenvalue weighted by molar-refractivity contribution is 7.17. The zero-order chi connectivity index (χ0) is 27.9. The van der Waals surface area contributed by atoms with Crippen molar-refractivity contribution in [3.63, 3.8) is 0 Å². The number of rotatable bonds is 10. The van der Waals surface area contributed by atoms with Crippen LogP contribution in [0.3, 0.4) is 0 Å². The molecule has 0 spiro atoms. The first kappa shape index (κ1) is 27.6. The molecule has 208 valence electrons. The molecule has 8 nitrogen and oxygen atoms in total. The minimum absolute atomic E-state index is 0.143. The summed E-state index contributed by atoms with van der Waals surface area (Å²) in [7, 11) is 0. The third-order valence-electron chi connectivity index (χ3n) is 7.11. The number of ether oxygens (including phenoxy) is 2. The molecule has 0 radical (unpaired) electrons. The van der Waals surface area contributed by atoms with Crippen LogP contribution < -0.4 is 15.0 Å². The second kappa shape index (κ2) is 12.9. The number of hydrogen-bond donors (Lipinski definition) is 1. The summed E-state index contributed by atoms with van der Waals surface area (Å²) in [6.45, 7) is 5.77. The summed E-state index contributed by atoms with van der Waals surface area (Å²) in [6, 6.07) is 18.6. The first-order valence-corrected chi connectivity index (χ1v) is 14.6. The number of fused-ring (bicyclic) bond motifs is 1. The largest absolute Gasteiger partial charge is 0.485 e. The molecule has 0 aliphatic carbocycles. The zero-order valence-corrected chi connectivity index (χ0v) is 23.7. The Morgan fingerprint density at radius 1 is 1.07 bits per heavy atom. The molecule has 40 heavy (non-hydrogen) atoms. The molecule has 1 aliphatic heterocycles. The van der Waals surface area contributed by atoms with Crippen molar-refractivity contribution in [2.75, 3.05) is 31.1 Å². The van der Waals surface area contributed by atoms with Crippen LogP contribution >= 0.6 is 11.3 Å². The third kappa shape index (κ3) is 6.77. The van der Waals surface area contributed by atoms with Crippen molar-refractivity contribution in [1.82, 2.24) is 15.3 Å². The second-order valence-corrected chi connectivity index (χ2v) is 10.9. The molecular formula is C31H34N4O4S. The Hall–Kier alpha value is -3.98. The lowest BCUT2D eigenvalue weighted by Crippen LogP contribution is -2.35. The predicted molar refractivity (Wildman–Crippen MR) is 157 cm³/mol. The van der Waals surface area contributed by atoms with Crippen LogP contribution in [0.15, 0.2) is 60.0 Å². The Morgan fingerprint density at radius 2 is 1.88 bits per heavy atom. The quantitative estimate of drug-likeness (QED) is 0.263. The molecule has 1 saturated heterocycles. The maximum atomic E-state index is 13.2.